The number of rotatable bonds is 2. The molecule has 5 heteroatoms. The first kappa shape index (κ1) is 12.6. The van der Waals surface area contributed by atoms with Crippen molar-refractivity contribution in [3.8, 4) is 0 Å². The third kappa shape index (κ3) is 3.07. The zero-order valence-corrected chi connectivity index (χ0v) is 10.3. The van der Waals surface area contributed by atoms with E-state index in [-0.39, 0.29) is 11.8 Å². The summed E-state index contributed by atoms with van der Waals surface area (Å²) in [6, 6.07) is 6.93. The van der Waals surface area contributed by atoms with Gasteiger partial charge in [-0.2, -0.15) is 0 Å². The largest absolute Gasteiger partial charge is 0.361 e. The highest BCUT2D eigenvalue weighted by Gasteiger charge is 2.18. The van der Waals surface area contributed by atoms with Gasteiger partial charge < -0.3 is 15.0 Å². The normalized spacial score (nSPS) is 15.3. The fourth-order valence-corrected chi connectivity index (χ4v) is 1.87. The molecule has 1 aromatic carbocycles. The van der Waals surface area contributed by atoms with Crippen molar-refractivity contribution in [2.45, 2.75) is 13.3 Å². The van der Waals surface area contributed by atoms with E-state index in [1.807, 2.05) is 0 Å². The Morgan fingerprint density at radius 1 is 1.39 bits per heavy atom. The van der Waals surface area contributed by atoms with E-state index in [1.165, 1.54) is 6.92 Å². The fraction of sp³-hybridized carbons (Fsp3) is 0.385. The van der Waals surface area contributed by atoms with Crippen LogP contribution in [0.2, 0.25) is 0 Å². The summed E-state index contributed by atoms with van der Waals surface area (Å²) >= 11 is 0. The molecule has 0 bridgehead atoms. The van der Waals surface area contributed by atoms with Crippen molar-refractivity contribution in [1.82, 2.24) is 4.90 Å². The number of hydrogen-bond donors (Lipinski definition) is 1. The maximum atomic E-state index is 12.2. The van der Waals surface area contributed by atoms with Gasteiger partial charge in [0.25, 0.3) is 5.91 Å². The molecule has 0 aromatic heterocycles. The van der Waals surface area contributed by atoms with E-state index in [4.69, 9.17) is 4.74 Å². The van der Waals surface area contributed by atoms with Crippen molar-refractivity contribution < 1.29 is 14.3 Å². The summed E-state index contributed by atoms with van der Waals surface area (Å²) in [6.07, 6.45) is 0.858. The van der Waals surface area contributed by atoms with Crippen molar-refractivity contribution in [3.05, 3.63) is 29.8 Å². The van der Waals surface area contributed by atoms with Gasteiger partial charge in [-0.3, -0.25) is 9.59 Å². The van der Waals surface area contributed by atoms with E-state index in [0.717, 1.165) is 6.42 Å². The molecule has 96 valence electrons. The molecule has 1 saturated heterocycles. The molecular weight excluding hydrogens is 232 g/mol. The predicted octanol–water partition coefficient (Wildman–Crippen LogP) is 1.46. The van der Waals surface area contributed by atoms with Crippen LogP contribution in [0, 0.1) is 0 Å². The SMILES string of the molecule is CC(=O)Nc1cccc(C(=O)N2CCCOC2)c1. The number of nitrogens with zero attached hydrogens (tertiary/aromatic N) is 1. The van der Waals surface area contributed by atoms with Gasteiger partial charge in [-0.05, 0) is 24.6 Å². The second-order valence-electron chi connectivity index (χ2n) is 4.22. The number of ether oxygens (including phenoxy) is 1. The summed E-state index contributed by atoms with van der Waals surface area (Å²) in [7, 11) is 0. The molecule has 0 aliphatic carbocycles. The lowest BCUT2D eigenvalue weighted by atomic mass is 10.1. The van der Waals surface area contributed by atoms with Gasteiger partial charge in [-0.1, -0.05) is 6.07 Å². The Morgan fingerprint density at radius 3 is 2.89 bits per heavy atom. The van der Waals surface area contributed by atoms with Crippen molar-refractivity contribution in [1.29, 1.82) is 0 Å². The molecule has 0 spiro atoms. The molecule has 0 atom stereocenters. The van der Waals surface area contributed by atoms with Gasteiger partial charge in [0.1, 0.15) is 6.73 Å². The summed E-state index contributed by atoms with van der Waals surface area (Å²) in [5, 5.41) is 2.66. The highest BCUT2D eigenvalue weighted by molar-refractivity contribution is 5.96. The minimum Gasteiger partial charge on any atom is -0.361 e. The van der Waals surface area contributed by atoms with Crippen LogP contribution in [0.3, 0.4) is 0 Å². The first-order valence-corrected chi connectivity index (χ1v) is 5.91. The Balaban J connectivity index is 2.11. The van der Waals surface area contributed by atoms with E-state index in [9.17, 15) is 9.59 Å². The first-order chi connectivity index (χ1) is 8.66. The molecule has 1 N–H and O–H groups in total. The van der Waals surface area contributed by atoms with Crippen LogP contribution < -0.4 is 5.32 Å². The van der Waals surface area contributed by atoms with Crippen LogP contribution in [0.15, 0.2) is 24.3 Å². The lowest BCUT2D eigenvalue weighted by Crippen LogP contribution is -2.38. The molecule has 1 fully saturated rings. The number of hydrogen-bond acceptors (Lipinski definition) is 3. The van der Waals surface area contributed by atoms with Crippen molar-refractivity contribution in [3.63, 3.8) is 0 Å². The maximum absolute atomic E-state index is 12.2. The number of anilines is 1. The van der Waals surface area contributed by atoms with Gasteiger partial charge in [-0.15, -0.1) is 0 Å². The molecule has 0 unspecified atom stereocenters. The quantitative estimate of drug-likeness (QED) is 0.862. The summed E-state index contributed by atoms with van der Waals surface area (Å²) in [5.41, 5.74) is 1.19. The highest BCUT2D eigenvalue weighted by atomic mass is 16.5. The molecule has 2 rings (SSSR count). The molecule has 1 heterocycles. The first-order valence-electron chi connectivity index (χ1n) is 5.91. The Bertz CT molecular complexity index is 453. The molecule has 1 aromatic rings. The van der Waals surface area contributed by atoms with Crippen molar-refractivity contribution >= 4 is 17.5 Å². The summed E-state index contributed by atoms with van der Waals surface area (Å²) in [6.45, 7) is 3.19. The molecular formula is C13H16N2O3. The smallest absolute Gasteiger partial charge is 0.255 e. The average Bonchev–Trinajstić information content (AvgIpc) is 2.38. The standard InChI is InChI=1S/C13H16N2O3/c1-10(16)14-12-5-2-4-11(8-12)13(17)15-6-3-7-18-9-15/h2,4-5,8H,3,6-7,9H2,1H3,(H,14,16). The van der Waals surface area contributed by atoms with Gasteiger partial charge in [0.2, 0.25) is 5.91 Å². The van der Waals surface area contributed by atoms with E-state index >= 15 is 0 Å². The Labute approximate surface area is 106 Å². The third-order valence-corrected chi connectivity index (χ3v) is 2.68. The average molecular weight is 248 g/mol. The molecule has 2 amide bonds. The van der Waals surface area contributed by atoms with E-state index in [0.29, 0.717) is 31.1 Å². The van der Waals surface area contributed by atoms with Crippen LogP contribution in [0.4, 0.5) is 5.69 Å². The molecule has 1 aliphatic heterocycles. The van der Waals surface area contributed by atoms with Crippen LogP contribution in [-0.2, 0) is 9.53 Å². The number of benzene rings is 1. The third-order valence-electron chi connectivity index (χ3n) is 2.68. The molecule has 18 heavy (non-hydrogen) atoms. The monoisotopic (exact) mass is 248 g/mol. The number of amides is 2. The van der Waals surface area contributed by atoms with Crippen LogP contribution in [0.5, 0.6) is 0 Å². The summed E-state index contributed by atoms with van der Waals surface area (Å²) in [4.78, 5) is 24.8. The topological polar surface area (TPSA) is 58.6 Å². The molecule has 1 aliphatic rings. The summed E-state index contributed by atoms with van der Waals surface area (Å²) < 4.78 is 5.25. The molecule has 0 radical (unpaired) electrons. The number of nitrogens with one attached hydrogen (secondary N) is 1. The van der Waals surface area contributed by atoms with E-state index < -0.39 is 0 Å². The van der Waals surface area contributed by atoms with Gasteiger partial charge >= 0.3 is 0 Å². The molecule has 0 saturated carbocycles. The lowest BCUT2D eigenvalue weighted by molar-refractivity contribution is -0.114. The Hall–Kier alpha value is -1.88. The fourth-order valence-electron chi connectivity index (χ4n) is 1.87. The van der Waals surface area contributed by atoms with E-state index in [2.05, 4.69) is 5.32 Å². The van der Waals surface area contributed by atoms with Gasteiger partial charge in [0.15, 0.2) is 0 Å². The minimum atomic E-state index is -0.152. The van der Waals surface area contributed by atoms with Crippen molar-refractivity contribution in [2.75, 3.05) is 25.2 Å². The minimum absolute atomic E-state index is 0.0677. The highest BCUT2D eigenvalue weighted by Crippen LogP contribution is 2.14. The number of carbonyl (C=O) groups is 2. The van der Waals surface area contributed by atoms with Crippen LogP contribution in [0.1, 0.15) is 23.7 Å². The number of carbonyl (C=O) groups excluding carboxylic acids is 2. The molecule has 5 nitrogen and oxygen atoms in total. The van der Waals surface area contributed by atoms with Crippen LogP contribution in [0.25, 0.3) is 0 Å². The van der Waals surface area contributed by atoms with Gasteiger partial charge in [0.05, 0.1) is 6.61 Å². The lowest BCUT2D eigenvalue weighted by Gasteiger charge is -2.26. The van der Waals surface area contributed by atoms with Gasteiger partial charge in [0, 0.05) is 24.7 Å². The predicted molar refractivity (Wildman–Crippen MR) is 67.2 cm³/mol. The zero-order chi connectivity index (χ0) is 13.0. The van der Waals surface area contributed by atoms with Crippen LogP contribution >= 0.6 is 0 Å². The van der Waals surface area contributed by atoms with Crippen molar-refractivity contribution in [2.24, 2.45) is 0 Å². The maximum Gasteiger partial charge on any atom is 0.255 e. The summed E-state index contributed by atoms with van der Waals surface area (Å²) in [5.74, 6) is -0.220. The second-order valence-corrected chi connectivity index (χ2v) is 4.22. The Morgan fingerprint density at radius 2 is 2.22 bits per heavy atom. The van der Waals surface area contributed by atoms with Gasteiger partial charge in [-0.25, -0.2) is 0 Å². The zero-order valence-electron chi connectivity index (χ0n) is 10.3. The van der Waals surface area contributed by atoms with E-state index in [1.54, 1.807) is 29.2 Å². The Kier molecular flexibility index (Phi) is 3.94. The second kappa shape index (κ2) is 5.64. The van der Waals surface area contributed by atoms with Crippen LogP contribution in [-0.4, -0.2) is 36.6 Å².